The molecule has 1 N–H and O–H groups in total. The highest BCUT2D eigenvalue weighted by Gasteiger charge is 2.45. The van der Waals surface area contributed by atoms with E-state index >= 15 is 0 Å². The van der Waals surface area contributed by atoms with Crippen LogP contribution in [-0.2, 0) is 4.74 Å². The molecule has 1 aliphatic rings. The number of nitriles is 1. The first-order chi connectivity index (χ1) is 7.93. The third-order valence-corrected chi connectivity index (χ3v) is 2.83. The van der Waals surface area contributed by atoms with Crippen molar-refractivity contribution >= 4 is 0 Å². The second-order valence-electron chi connectivity index (χ2n) is 4.31. The van der Waals surface area contributed by atoms with Crippen LogP contribution >= 0.6 is 0 Å². The number of hydrogen-bond acceptors (Lipinski definition) is 3. The van der Waals surface area contributed by atoms with E-state index in [0.717, 1.165) is 12.8 Å². The first-order valence-corrected chi connectivity index (χ1v) is 5.74. The Morgan fingerprint density at radius 2 is 2.06 bits per heavy atom. The van der Waals surface area contributed by atoms with E-state index in [0.29, 0.717) is 6.54 Å². The summed E-state index contributed by atoms with van der Waals surface area (Å²) in [5, 5.41) is 12.2. The van der Waals surface area contributed by atoms with E-state index in [-0.39, 0.29) is 19.1 Å². The Morgan fingerprint density at radius 1 is 1.41 bits per heavy atom. The Hall–Kier alpha value is -0.800. The Kier molecular flexibility index (Phi) is 4.78. The number of rotatable bonds is 7. The van der Waals surface area contributed by atoms with Crippen LogP contribution in [0.2, 0.25) is 0 Å². The van der Waals surface area contributed by atoms with Gasteiger partial charge in [-0.15, -0.1) is 0 Å². The van der Waals surface area contributed by atoms with Gasteiger partial charge >= 0.3 is 6.18 Å². The van der Waals surface area contributed by atoms with Gasteiger partial charge in [0.2, 0.25) is 0 Å². The third-order valence-electron chi connectivity index (χ3n) is 2.83. The maximum Gasteiger partial charge on any atom is 0.391 e. The van der Waals surface area contributed by atoms with Gasteiger partial charge in [-0.25, -0.2) is 0 Å². The minimum atomic E-state index is -4.20. The minimum absolute atomic E-state index is 0.0259. The summed E-state index contributed by atoms with van der Waals surface area (Å²) in [6.45, 7) is 2.11. The van der Waals surface area contributed by atoms with Gasteiger partial charge in [0.1, 0.15) is 5.54 Å². The predicted molar refractivity (Wildman–Crippen MR) is 56.2 cm³/mol. The number of halogens is 3. The first-order valence-electron chi connectivity index (χ1n) is 5.74. The van der Waals surface area contributed by atoms with Gasteiger partial charge in [-0.05, 0) is 25.3 Å². The van der Waals surface area contributed by atoms with Gasteiger partial charge < -0.3 is 4.74 Å². The Bertz CT molecular complexity index is 283. The fourth-order valence-corrected chi connectivity index (χ4v) is 1.79. The van der Waals surface area contributed by atoms with E-state index < -0.39 is 18.1 Å². The van der Waals surface area contributed by atoms with Crippen LogP contribution in [0.15, 0.2) is 0 Å². The van der Waals surface area contributed by atoms with Gasteiger partial charge in [0, 0.05) is 0 Å². The first kappa shape index (κ1) is 14.3. The number of alkyl halides is 3. The fourth-order valence-electron chi connectivity index (χ4n) is 1.79. The number of hydrogen-bond donors (Lipinski definition) is 1. The summed E-state index contributed by atoms with van der Waals surface area (Å²) >= 11 is 0. The van der Waals surface area contributed by atoms with Crippen LogP contribution in [0.1, 0.15) is 26.2 Å². The largest absolute Gasteiger partial charge is 0.391 e. The van der Waals surface area contributed by atoms with Gasteiger partial charge in [0.25, 0.3) is 0 Å². The van der Waals surface area contributed by atoms with E-state index in [9.17, 15) is 13.2 Å². The molecule has 1 unspecified atom stereocenters. The smallest absolute Gasteiger partial charge is 0.378 e. The molecule has 3 nitrogen and oxygen atoms in total. The van der Waals surface area contributed by atoms with Gasteiger partial charge in [0.05, 0.1) is 25.7 Å². The van der Waals surface area contributed by atoms with E-state index in [1.165, 1.54) is 0 Å². The lowest BCUT2D eigenvalue weighted by Crippen LogP contribution is -2.50. The molecule has 0 saturated heterocycles. The monoisotopic (exact) mass is 250 g/mol. The molecule has 0 amide bonds. The van der Waals surface area contributed by atoms with Crippen LogP contribution in [0.25, 0.3) is 0 Å². The molecule has 0 aromatic rings. The second kappa shape index (κ2) is 5.69. The zero-order valence-corrected chi connectivity index (χ0v) is 9.81. The van der Waals surface area contributed by atoms with Crippen LogP contribution in [0.4, 0.5) is 13.2 Å². The summed E-state index contributed by atoms with van der Waals surface area (Å²) in [5.41, 5.74) is -0.805. The molecule has 1 saturated carbocycles. The normalized spacial score (nSPS) is 19.7. The van der Waals surface area contributed by atoms with E-state index in [1.807, 2.05) is 6.92 Å². The summed E-state index contributed by atoms with van der Waals surface area (Å²) in [5.74, 6) is 0.207. The molecule has 0 radical (unpaired) electrons. The molecule has 1 rings (SSSR count). The molecule has 0 aliphatic heterocycles. The van der Waals surface area contributed by atoms with Gasteiger partial charge in [-0.1, -0.05) is 6.92 Å². The predicted octanol–water partition coefficient (Wildman–Crippen LogP) is 2.24. The van der Waals surface area contributed by atoms with Crippen molar-refractivity contribution in [2.24, 2.45) is 5.92 Å². The van der Waals surface area contributed by atoms with Crippen LogP contribution in [0.5, 0.6) is 0 Å². The lowest BCUT2D eigenvalue weighted by Gasteiger charge is -2.27. The van der Waals surface area contributed by atoms with Crippen molar-refractivity contribution in [2.45, 2.75) is 37.9 Å². The molecule has 0 heterocycles. The highest BCUT2D eigenvalue weighted by molar-refractivity contribution is 5.15. The maximum absolute atomic E-state index is 11.9. The summed E-state index contributed by atoms with van der Waals surface area (Å²) in [7, 11) is 0. The zero-order chi connectivity index (χ0) is 12.9. The lowest BCUT2D eigenvalue weighted by molar-refractivity contribution is -0.146. The Morgan fingerprint density at radius 3 is 2.47 bits per heavy atom. The third kappa shape index (κ3) is 4.52. The molecule has 6 heteroatoms. The molecular weight excluding hydrogens is 233 g/mol. The zero-order valence-electron chi connectivity index (χ0n) is 9.81. The number of ether oxygens (including phenoxy) is 1. The molecule has 0 bridgehead atoms. The van der Waals surface area contributed by atoms with Crippen LogP contribution < -0.4 is 5.32 Å². The highest BCUT2D eigenvalue weighted by atomic mass is 19.4. The summed E-state index contributed by atoms with van der Waals surface area (Å²) < 4.78 is 40.8. The Labute approximate surface area is 98.9 Å². The molecule has 0 aromatic heterocycles. The molecule has 98 valence electrons. The van der Waals surface area contributed by atoms with Crippen molar-refractivity contribution in [1.82, 2.24) is 5.32 Å². The number of nitrogens with zero attached hydrogens (tertiary/aromatic N) is 1. The van der Waals surface area contributed by atoms with E-state index in [1.54, 1.807) is 0 Å². The topological polar surface area (TPSA) is 45.0 Å². The van der Waals surface area contributed by atoms with Crippen molar-refractivity contribution in [3.8, 4) is 6.07 Å². The van der Waals surface area contributed by atoms with Crippen molar-refractivity contribution in [3.05, 3.63) is 0 Å². The molecule has 1 atom stereocenters. The quantitative estimate of drug-likeness (QED) is 0.705. The molecule has 1 aliphatic carbocycles. The van der Waals surface area contributed by atoms with Crippen LogP contribution in [-0.4, -0.2) is 31.5 Å². The molecular formula is C11H17F3N2O. The van der Waals surface area contributed by atoms with Crippen molar-refractivity contribution in [3.63, 3.8) is 0 Å². The maximum atomic E-state index is 11.9. The second-order valence-corrected chi connectivity index (χ2v) is 4.31. The summed E-state index contributed by atoms with van der Waals surface area (Å²) in [4.78, 5) is 0. The summed E-state index contributed by atoms with van der Waals surface area (Å²) in [6, 6.07) is 2.16. The van der Waals surface area contributed by atoms with Gasteiger partial charge in [0.15, 0.2) is 0 Å². The average molecular weight is 250 g/mol. The SMILES string of the molecule is CCNC(C#N)(COCCC(F)(F)F)C1CC1. The van der Waals surface area contributed by atoms with Crippen molar-refractivity contribution < 1.29 is 17.9 Å². The average Bonchev–Trinajstić information content (AvgIpc) is 3.05. The van der Waals surface area contributed by atoms with Crippen LogP contribution in [0.3, 0.4) is 0 Å². The number of likely N-dealkylation sites (N-methyl/N-ethyl adjacent to an activating group) is 1. The standard InChI is InChI=1S/C11H17F3N2O/c1-2-16-10(7-15,9-3-4-9)8-17-6-5-11(12,13)14/h9,16H,2-6,8H2,1H3. The van der Waals surface area contributed by atoms with E-state index in [2.05, 4.69) is 11.4 Å². The van der Waals surface area contributed by atoms with Crippen molar-refractivity contribution in [2.75, 3.05) is 19.8 Å². The molecule has 0 aromatic carbocycles. The molecule has 17 heavy (non-hydrogen) atoms. The molecule has 0 spiro atoms. The van der Waals surface area contributed by atoms with E-state index in [4.69, 9.17) is 10.00 Å². The van der Waals surface area contributed by atoms with Crippen molar-refractivity contribution in [1.29, 1.82) is 5.26 Å². The number of nitrogens with one attached hydrogen (secondary N) is 1. The lowest BCUT2D eigenvalue weighted by atomic mass is 9.96. The summed E-state index contributed by atoms with van der Waals surface area (Å²) in [6.07, 6.45) is -3.30. The van der Waals surface area contributed by atoms with Crippen LogP contribution in [0, 0.1) is 17.2 Å². The fraction of sp³-hybridized carbons (Fsp3) is 0.909. The molecule has 1 fully saturated rings. The van der Waals surface area contributed by atoms with Gasteiger partial charge in [-0.2, -0.15) is 18.4 Å². The highest BCUT2D eigenvalue weighted by Crippen LogP contribution is 2.39. The van der Waals surface area contributed by atoms with Gasteiger partial charge in [-0.3, -0.25) is 5.32 Å². The Balaban J connectivity index is 2.37. The minimum Gasteiger partial charge on any atom is -0.378 e.